The average molecular weight is 274 g/mol. The van der Waals surface area contributed by atoms with Crippen LogP contribution >= 0.6 is 11.3 Å². The van der Waals surface area contributed by atoms with Gasteiger partial charge in [-0.3, -0.25) is 0 Å². The number of anilines is 1. The first-order chi connectivity index (χ1) is 9.29. The maximum Gasteiger partial charge on any atom is 0.214 e. The standard InChI is InChI=1S/C12H10N4O2S/c13-11-15-16-6-8(14-12(16)19-11)7-1-2-9-10(5-7)18-4-3-17-9/h1-2,5-6H,3-4H2,(H2,13,15). The summed E-state index contributed by atoms with van der Waals surface area (Å²) in [6.07, 6.45) is 1.85. The molecule has 3 heterocycles. The summed E-state index contributed by atoms with van der Waals surface area (Å²) in [5.74, 6) is 1.53. The zero-order valence-corrected chi connectivity index (χ0v) is 10.7. The van der Waals surface area contributed by atoms with Gasteiger partial charge in [0.05, 0.1) is 11.9 Å². The van der Waals surface area contributed by atoms with Crippen molar-refractivity contribution in [2.75, 3.05) is 18.9 Å². The number of hydrogen-bond donors (Lipinski definition) is 1. The quantitative estimate of drug-likeness (QED) is 0.732. The summed E-state index contributed by atoms with van der Waals surface area (Å²) in [5.41, 5.74) is 7.44. The molecule has 0 spiro atoms. The lowest BCUT2D eigenvalue weighted by atomic mass is 10.1. The third-order valence-corrected chi connectivity index (χ3v) is 3.65. The molecule has 19 heavy (non-hydrogen) atoms. The number of hydrogen-bond acceptors (Lipinski definition) is 6. The Morgan fingerprint density at radius 2 is 2.05 bits per heavy atom. The number of nitrogen functional groups attached to an aromatic ring is 1. The van der Waals surface area contributed by atoms with Gasteiger partial charge in [-0.15, -0.1) is 5.10 Å². The van der Waals surface area contributed by atoms with Crippen LogP contribution in [0.1, 0.15) is 0 Å². The molecule has 0 atom stereocenters. The maximum atomic E-state index is 5.62. The summed E-state index contributed by atoms with van der Waals surface area (Å²) in [5, 5.41) is 4.65. The van der Waals surface area contributed by atoms with Crippen molar-refractivity contribution in [2.24, 2.45) is 0 Å². The molecule has 1 aromatic carbocycles. The van der Waals surface area contributed by atoms with Crippen molar-refractivity contribution in [1.82, 2.24) is 14.6 Å². The minimum Gasteiger partial charge on any atom is -0.486 e. The van der Waals surface area contributed by atoms with Gasteiger partial charge in [-0.25, -0.2) is 9.50 Å². The van der Waals surface area contributed by atoms with E-state index in [9.17, 15) is 0 Å². The highest BCUT2D eigenvalue weighted by Crippen LogP contribution is 2.34. The fraction of sp³-hybridized carbons (Fsp3) is 0.167. The first-order valence-corrected chi connectivity index (χ1v) is 6.63. The van der Waals surface area contributed by atoms with Crippen molar-refractivity contribution in [3.8, 4) is 22.8 Å². The summed E-state index contributed by atoms with van der Waals surface area (Å²) < 4.78 is 12.8. The molecule has 0 fully saturated rings. The van der Waals surface area contributed by atoms with Crippen LogP contribution in [-0.2, 0) is 0 Å². The molecule has 6 nitrogen and oxygen atoms in total. The largest absolute Gasteiger partial charge is 0.486 e. The van der Waals surface area contributed by atoms with Crippen molar-refractivity contribution in [3.63, 3.8) is 0 Å². The molecule has 1 aliphatic rings. The molecule has 1 aliphatic heterocycles. The summed E-state index contributed by atoms with van der Waals surface area (Å²) in [6.45, 7) is 1.17. The predicted octanol–water partition coefficient (Wildman–Crippen LogP) is 1.81. The van der Waals surface area contributed by atoms with Crippen molar-refractivity contribution in [2.45, 2.75) is 0 Å². The van der Waals surface area contributed by atoms with E-state index in [1.54, 1.807) is 4.52 Å². The van der Waals surface area contributed by atoms with Gasteiger partial charge < -0.3 is 15.2 Å². The van der Waals surface area contributed by atoms with E-state index in [1.165, 1.54) is 11.3 Å². The summed E-state index contributed by atoms with van der Waals surface area (Å²) >= 11 is 1.36. The molecular weight excluding hydrogens is 264 g/mol. The molecule has 7 heteroatoms. The molecule has 96 valence electrons. The topological polar surface area (TPSA) is 74.7 Å². The van der Waals surface area contributed by atoms with Gasteiger partial charge in [0.2, 0.25) is 10.1 Å². The Balaban J connectivity index is 1.80. The van der Waals surface area contributed by atoms with Crippen molar-refractivity contribution < 1.29 is 9.47 Å². The fourth-order valence-corrected chi connectivity index (χ4v) is 2.70. The molecule has 0 radical (unpaired) electrons. The molecule has 3 aromatic rings. The van der Waals surface area contributed by atoms with Crippen LogP contribution in [0.4, 0.5) is 5.13 Å². The zero-order chi connectivity index (χ0) is 12.8. The average Bonchev–Trinajstić information content (AvgIpc) is 2.95. The van der Waals surface area contributed by atoms with Gasteiger partial charge in [-0.05, 0) is 18.2 Å². The van der Waals surface area contributed by atoms with Crippen molar-refractivity contribution in [3.05, 3.63) is 24.4 Å². The second kappa shape index (κ2) is 3.86. The first-order valence-electron chi connectivity index (χ1n) is 5.81. The lowest BCUT2D eigenvalue weighted by Crippen LogP contribution is -2.15. The van der Waals surface area contributed by atoms with Crippen LogP contribution in [0.15, 0.2) is 24.4 Å². The van der Waals surface area contributed by atoms with Gasteiger partial charge in [0.1, 0.15) is 13.2 Å². The van der Waals surface area contributed by atoms with Gasteiger partial charge in [-0.2, -0.15) is 0 Å². The Kier molecular flexibility index (Phi) is 2.16. The molecule has 0 saturated heterocycles. The highest BCUT2D eigenvalue weighted by atomic mass is 32.1. The van der Waals surface area contributed by atoms with Crippen LogP contribution < -0.4 is 15.2 Å². The number of rotatable bonds is 1. The molecule has 4 rings (SSSR count). The lowest BCUT2D eigenvalue weighted by Gasteiger charge is -2.18. The zero-order valence-electron chi connectivity index (χ0n) is 9.87. The van der Waals surface area contributed by atoms with Crippen LogP contribution in [-0.4, -0.2) is 27.8 Å². The molecule has 2 N–H and O–H groups in total. The monoisotopic (exact) mass is 274 g/mol. The Morgan fingerprint density at radius 1 is 1.21 bits per heavy atom. The first kappa shape index (κ1) is 10.6. The van der Waals surface area contributed by atoms with E-state index in [-0.39, 0.29) is 0 Å². The van der Waals surface area contributed by atoms with E-state index in [2.05, 4.69) is 10.1 Å². The van der Waals surface area contributed by atoms with Crippen LogP contribution in [0, 0.1) is 0 Å². The Morgan fingerprint density at radius 3 is 2.89 bits per heavy atom. The second-order valence-corrected chi connectivity index (χ2v) is 5.14. The lowest BCUT2D eigenvalue weighted by molar-refractivity contribution is 0.171. The number of nitrogens with zero attached hydrogens (tertiary/aromatic N) is 3. The molecule has 0 aliphatic carbocycles. The van der Waals surface area contributed by atoms with E-state index in [4.69, 9.17) is 15.2 Å². The molecule has 2 aromatic heterocycles. The van der Waals surface area contributed by atoms with Gasteiger partial charge in [-0.1, -0.05) is 11.3 Å². The third kappa shape index (κ3) is 1.70. The van der Waals surface area contributed by atoms with Crippen LogP contribution in [0.5, 0.6) is 11.5 Å². The van der Waals surface area contributed by atoms with E-state index in [1.807, 2.05) is 24.4 Å². The van der Waals surface area contributed by atoms with Crippen LogP contribution in [0.2, 0.25) is 0 Å². The Hall–Kier alpha value is -2.28. The maximum absolute atomic E-state index is 5.62. The van der Waals surface area contributed by atoms with Crippen LogP contribution in [0.3, 0.4) is 0 Å². The SMILES string of the molecule is Nc1nn2cc(-c3ccc4c(c3)OCCO4)nc2s1. The number of ether oxygens (including phenoxy) is 2. The second-order valence-electron chi connectivity index (χ2n) is 4.15. The fourth-order valence-electron chi connectivity index (χ4n) is 2.06. The minimum absolute atomic E-state index is 0.510. The van der Waals surface area contributed by atoms with E-state index >= 15 is 0 Å². The van der Waals surface area contributed by atoms with Crippen molar-refractivity contribution >= 4 is 21.4 Å². The molecule has 0 bridgehead atoms. The van der Waals surface area contributed by atoms with Gasteiger partial charge in [0.25, 0.3) is 0 Å². The van der Waals surface area contributed by atoms with Crippen molar-refractivity contribution in [1.29, 1.82) is 0 Å². The summed E-state index contributed by atoms with van der Waals surface area (Å²) in [7, 11) is 0. The molecular formula is C12H10N4O2S. The van der Waals surface area contributed by atoms with E-state index < -0.39 is 0 Å². The normalized spacial score (nSPS) is 13.9. The molecule has 0 amide bonds. The number of nitrogens with two attached hydrogens (primary N) is 1. The Bertz CT molecular complexity index is 733. The van der Waals surface area contributed by atoms with Gasteiger partial charge in [0.15, 0.2) is 11.5 Å². The molecule has 0 saturated carbocycles. The number of fused-ring (bicyclic) bond motifs is 2. The Labute approximate surface area is 112 Å². The van der Waals surface area contributed by atoms with Gasteiger partial charge >= 0.3 is 0 Å². The van der Waals surface area contributed by atoms with E-state index in [0.717, 1.165) is 27.7 Å². The number of imidazole rings is 1. The minimum atomic E-state index is 0.510. The highest BCUT2D eigenvalue weighted by Gasteiger charge is 2.14. The van der Waals surface area contributed by atoms with E-state index in [0.29, 0.717) is 18.3 Å². The number of aromatic nitrogens is 3. The summed E-state index contributed by atoms with van der Waals surface area (Å²) in [4.78, 5) is 5.28. The number of benzene rings is 1. The molecule has 0 unspecified atom stereocenters. The highest BCUT2D eigenvalue weighted by molar-refractivity contribution is 7.20. The predicted molar refractivity (Wildman–Crippen MR) is 71.7 cm³/mol. The third-order valence-electron chi connectivity index (χ3n) is 2.90. The summed E-state index contributed by atoms with van der Waals surface area (Å²) in [6, 6.07) is 5.80. The van der Waals surface area contributed by atoms with Crippen LogP contribution in [0.25, 0.3) is 16.2 Å². The van der Waals surface area contributed by atoms with Gasteiger partial charge in [0, 0.05) is 5.56 Å². The smallest absolute Gasteiger partial charge is 0.214 e.